The van der Waals surface area contributed by atoms with Gasteiger partial charge in [-0.05, 0) is 55.9 Å². The van der Waals surface area contributed by atoms with Crippen molar-refractivity contribution in [3.8, 4) is 5.75 Å². The number of carbonyl (C=O) groups excluding carboxylic acids is 1. The summed E-state index contributed by atoms with van der Waals surface area (Å²) < 4.78 is 59.2. The zero-order valence-corrected chi connectivity index (χ0v) is 16.2. The van der Waals surface area contributed by atoms with Crippen molar-refractivity contribution in [3.63, 3.8) is 0 Å². The van der Waals surface area contributed by atoms with Gasteiger partial charge in [-0.15, -0.1) is 0 Å². The Kier molecular flexibility index (Phi) is 4.42. The molecule has 0 radical (unpaired) electrons. The van der Waals surface area contributed by atoms with Gasteiger partial charge in [0.1, 0.15) is 23.3 Å². The van der Waals surface area contributed by atoms with Gasteiger partial charge in [0.05, 0.1) is 16.8 Å². The van der Waals surface area contributed by atoms with Crippen LogP contribution in [0.15, 0.2) is 12.1 Å². The second-order valence-corrected chi connectivity index (χ2v) is 10.3. The number of hydrogen-bond donors (Lipinski definition) is 1. The summed E-state index contributed by atoms with van der Waals surface area (Å²) in [4.78, 5) is 11.9. The number of nitrogens with one attached hydrogen (secondary N) is 1. The molecule has 4 aliphatic rings. The summed E-state index contributed by atoms with van der Waals surface area (Å²) in [5, 5.41) is 0.0128. The normalized spacial score (nSPS) is 34.5. The van der Waals surface area contributed by atoms with Crippen LogP contribution in [0, 0.1) is 23.6 Å². The highest BCUT2D eigenvalue weighted by molar-refractivity contribution is 7.89. The zero-order chi connectivity index (χ0) is 19.6. The molecule has 0 aromatic heterocycles. The first-order valence-corrected chi connectivity index (χ1v) is 11.2. The molecule has 0 aliphatic heterocycles. The molecule has 4 bridgehead atoms. The van der Waals surface area contributed by atoms with Crippen LogP contribution >= 0.6 is 11.6 Å². The van der Waals surface area contributed by atoms with Gasteiger partial charge in [0.25, 0.3) is 5.91 Å². The van der Waals surface area contributed by atoms with Crippen molar-refractivity contribution in [3.05, 3.63) is 28.5 Å². The van der Waals surface area contributed by atoms with Gasteiger partial charge in [0.15, 0.2) is 0 Å². The van der Waals surface area contributed by atoms with Gasteiger partial charge in [-0.2, -0.15) is 0 Å². The molecular weight excluding hydrogens is 400 g/mol. The monoisotopic (exact) mass is 419 g/mol. The van der Waals surface area contributed by atoms with Crippen LogP contribution < -0.4 is 9.46 Å². The topological polar surface area (TPSA) is 72.5 Å². The van der Waals surface area contributed by atoms with Crippen LogP contribution in [0.4, 0.5) is 8.78 Å². The molecule has 5 rings (SSSR count). The highest BCUT2D eigenvalue weighted by atomic mass is 35.5. The van der Waals surface area contributed by atoms with E-state index in [1.165, 1.54) is 0 Å². The Bertz CT molecular complexity index is 891. The first-order chi connectivity index (χ1) is 12.5. The molecule has 0 saturated heterocycles. The number of amides is 1. The largest absolute Gasteiger partial charge is 0.488 e. The van der Waals surface area contributed by atoms with Crippen molar-refractivity contribution >= 4 is 27.5 Å². The van der Waals surface area contributed by atoms with Gasteiger partial charge >= 0.3 is 0 Å². The zero-order valence-electron chi connectivity index (χ0n) is 14.7. The van der Waals surface area contributed by atoms with Gasteiger partial charge in [0, 0.05) is 6.07 Å². The fourth-order valence-electron chi connectivity index (χ4n) is 5.23. The van der Waals surface area contributed by atoms with Crippen LogP contribution in [-0.4, -0.2) is 32.4 Å². The maximum absolute atomic E-state index is 14.8. The van der Waals surface area contributed by atoms with E-state index in [0.29, 0.717) is 25.2 Å². The lowest BCUT2D eigenvalue weighted by atomic mass is 9.53. The number of sulfonamides is 1. The van der Waals surface area contributed by atoms with Crippen LogP contribution in [0.25, 0.3) is 0 Å². The Morgan fingerprint density at radius 3 is 2.44 bits per heavy atom. The van der Waals surface area contributed by atoms with Gasteiger partial charge in [-0.25, -0.2) is 21.9 Å². The molecule has 4 fully saturated rings. The molecule has 4 aliphatic carbocycles. The Balaban J connectivity index is 1.55. The Morgan fingerprint density at radius 1 is 1.26 bits per heavy atom. The third-order valence-electron chi connectivity index (χ3n) is 5.92. The number of ether oxygens (including phenoxy) is 1. The SMILES string of the molecule is CS(=O)(=O)NC(=O)c1cc(Cl)c(O[C@H]2C3CC4CC2C[C@@](F)(C4)C3)cc1F. The lowest BCUT2D eigenvalue weighted by Gasteiger charge is -2.56. The fraction of sp³-hybridized carbons (Fsp3) is 0.611. The molecule has 2 unspecified atom stereocenters. The predicted octanol–water partition coefficient (Wildman–Crippen LogP) is 3.46. The molecule has 1 aromatic rings. The summed E-state index contributed by atoms with van der Waals surface area (Å²) in [7, 11) is -3.83. The van der Waals surface area contributed by atoms with E-state index in [9.17, 15) is 22.0 Å². The quantitative estimate of drug-likeness (QED) is 0.811. The summed E-state index contributed by atoms with van der Waals surface area (Å²) in [5.74, 6) is -1.39. The predicted molar refractivity (Wildman–Crippen MR) is 95.5 cm³/mol. The molecule has 148 valence electrons. The lowest BCUT2D eigenvalue weighted by Crippen LogP contribution is -2.56. The number of alkyl halides is 1. The van der Waals surface area contributed by atoms with E-state index in [1.54, 1.807) is 4.72 Å². The van der Waals surface area contributed by atoms with Crippen molar-refractivity contribution in [2.45, 2.75) is 43.9 Å². The minimum atomic E-state index is -3.83. The average molecular weight is 420 g/mol. The van der Waals surface area contributed by atoms with Crippen molar-refractivity contribution in [2.24, 2.45) is 17.8 Å². The van der Waals surface area contributed by atoms with E-state index in [2.05, 4.69) is 0 Å². The highest BCUT2D eigenvalue weighted by Crippen LogP contribution is 2.58. The minimum absolute atomic E-state index is 0.0128. The van der Waals surface area contributed by atoms with Crippen LogP contribution in [0.2, 0.25) is 5.02 Å². The fourth-order valence-corrected chi connectivity index (χ4v) is 5.89. The summed E-state index contributed by atoms with van der Waals surface area (Å²) in [6.07, 6.45) is 3.93. The van der Waals surface area contributed by atoms with Crippen molar-refractivity contribution < 1.29 is 26.7 Å². The van der Waals surface area contributed by atoms with Crippen LogP contribution in [0.5, 0.6) is 5.75 Å². The van der Waals surface area contributed by atoms with E-state index in [4.69, 9.17) is 16.3 Å². The smallest absolute Gasteiger partial charge is 0.267 e. The number of benzene rings is 1. The second kappa shape index (κ2) is 6.30. The number of hydrogen-bond acceptors (Lipinski definition) is 4. The van der Waals surface area contributed by atoms with Crippen LogP contribution in [0.3, 0.4) is 0 Å². The number of halogens is 3. The minimum Gasteiger partial charge on any atom is -0.488 e. The molecule has 1 aromatic carbocycles. The lowest BCUT2D eigenvalue weighted by molar-refractivity contribution is -0.134. The van der Waals surface area contributed by atoms with Gasteiger partial charge < -0.3 is 4.74 Å². The molecule has 0 heterocycles. The van der Waals surface area contributed by atoms with E-state index in [1.807, 2.05) is 0 Å². The molecular formula is C18H20ClF2NO4S. The molecule has 1 N–H and O–H groups in total. The van der Waals surface area contributed by atoms with E-state index < -0.39 is 33.0 Å². The summed E-state index contributed by atoms with van der Waals surface area (Å²) >= 11 is 6.16. The Labute approximate surface area is 161 Å². The summed E-state index contributed by atoms with van der Waals surface area (Å²) in [6.45, 7) is 0. The van der Waals surface area contributed by atoms with E-state index in [0.717, 1.165) is 31.2 Å². The second-order valence-electron chi connectivity index (χ2n) is 8.17. The third-order valence-corrected chi connectivity index (χ3v) is 6.77. The van der Waals surface area contributed by atoms with Crippen LogP contribution in [-0.2, 0) is 10.0 Å². The van der Waals surface area contributed by atoms with E-state index >= 15 is 0 Å². The molecule has 5 nitrogen and oxygen atoms in total. The van der Waals surface area contributed by atoms with Gasteiger partial charge in [-0.3, -0.25) is 4.79 Å². The molecule has 9 heteroatoms. The Morgan fingerprint density at radius 2 is 1.89 bits per heavy atom. The first-order valence-electron chi connectivity index (χ1n) is 8.90. The van der Waals surface area contributed by atoms with Gasteiger partial charge in [-0.1, -0.05) is 11.6 Å². The summed E-state index contributed by atoms with van der Waals surface area (Å²) in [5.41, 5.74) is -1.58. The first kappa shape index (κ1) is 18.9. The van der Waals surface area contributed by atoms with Crippen molar-refractivity contribution in [1.82, 2.24) is 4.72 Å². The third kappa shape index (κ3) is 3.66. The average Bonchev–Trinajstić information content (AvgIpc) is 2.50. The van der Waals surface area contributed by atoms with Crippen LogP contribution in [0.1, 0.15) is 42.5 Å². The summed E-state index contributed by atoms with van der Waals surface area (Å²) in [6, 6.07) is 2.05. The maximum Gasteiger partial charge on any atom is 0.267 e. The van der Waals surface area contributed by atoms with Crippen molar-refractivity contribution in [1.29, 1.82) is 0 Å². The molecule has 4 saturated carbocycles. The van der Waals surface area contributed by atoms with E-state index in [-0.39, 0.29) is 28.7 Å². The van der Waals surface area contributed by atoms with Gasteiger partial charge in [0.2, 0.25) is 10.0 Å². The molecule has 27 heavy (non-hydrogen) atoms. The van der Waals surface area contributed by atoms with Crippen molar-refractivity contribution in [2.75, 3.05) is 6.26 Å². The maximum atomic E-state index is 14.8. The molecule has 0 spiro atoms. The number of carbonyl (C=O) groups is 1. The molecule has 2 atom stereocenters. The number of rotatable bonds is 4. The molecule has 1 amide bonds. The Hall–Kier alpha value is -1.41. The highest BCUT2D eigenvalue weighted by Gasteiger charge is 2.57. The standard InChI is InChI=1S/C18H20ClF2NO4S/c1-27(24,25)22-17(23)12-4-13(19)15(5-14(12)20)26-16-10-2-9-3-11(16)8-18(21,6-9)7-10/h4-5,9-11,16H,2-3,6-8H2,1H3,(H,22,23)/t9?,10?,11?,16-,18+.